The average Bonchev–Trinajstić information content (AvgIpc) is 3.06. The maximum absolute atomic E-state index is 9.64. The van der Waals surface area contributed by atoms with Crippen molar-refractivity contribution in [3.63, 3.8) is 0 Å². The van der Waals surface area contributed by atoms with Gasteiger partial charge in [-0.05, 0) is 32.8 Å². The van der Waals surface area contributed by atoms with Crippen molar-refractivity contribution in [1.82, 2.24) is 19.6 Å². The highest BCUT2D eigenvalue weighted by Gasteiger charge is 2.28. The van der Waals surface area contributed by atoms with Gasteiger partial charge in [0, 0.05) is 68.7 Å². The highest BCUT2D eigenvalue weighted by molar-refractivity contribution is 5.33. The number of piperazine rings is 1. The lowest BCUT2D eigenvalue weighted by atomic mass is 10.1. The second kappa shape index (κ2) is 10.8. The molecule has 1 atom stereocenters. The molecule has 6 nitrogen and oxygen atoms in total. The zero-order valence-electron chi connectivity index (χ0n) is 18.2. The van der Waals surface area contributed by atoms with Crippen LogP contribution in [0.5, 0.6) is 5.75 Å². The van der Waals surface area contributed by atoms with E-state index in [9.17, 15) is 5.11 Å². The van der Waals surface area contributed by atoms with Gasteiger partial charge in [-0.2, -0.15) is 5.10 Å². The first-order valence-corrected chi connectivity index (χ1v) is 11.0. The fourth-order valence-corrected chi connectivity index (χ4v) is 4.20. The lowest BCUT2D eigenvalue weighted by Gasteiger charge is -2.41. The number of aliphatic hydroxyl groups is 1. The van der Waals surface area contributed by atoms with Crippen molar-refractivity contribution in [3.8, 4) is 5.75 Å². The first-order valence-electron chi connectivity index (χ1n) is 11.0. The van der Waals surface area contributed by atoms with Crippen molar-refractivity contribution in [1.29, 1.82) is 0 Å². The van der Waals surface area contributed by atoms with E-state index < -0.39 is 0 Å². The SMILES string of the molecule is CCCn1ncc(CN2CCN(Cc3ccccc3OCC)[C@@H](CCO)C2)c1C. The number of rotatable bonds is 10. The third-order valence-corrected chi connectivity index (χ3v) is 5.83. The molecule has 160 valence electrons. The molecule has 1 aliphatic rings. The van der Waals surface area contributed by atoms with Crippen LogP contribution in [0.25, 0.3) is 0 Å². The number of ether oxygens (including phenoxy) is 1. The van der Waals surface area contributed by atoms with Gasteiger partial charge >= 0.3 is 0 Å². The van der Waals surface area contributed by atoms with Crippen molar-refractivity contribution in [2.75, 3.05) is 32.8 Å². The second-order valence-corrected chi connectivity index (χ2v) is 7.89. The maximum Gasteiger partial charge on any atom is 0.123 e. The predicted octanol–water partition coefficient (Wildman–Crippen LogP) is 3.07. The second-order valence-electron chi connectivity index (χ2n) is 7.89. The largest absolute Gasteiger partial charge is 0.494 e. The van der Waals surface area contributed by atoms with Crippen LogP contribution in [0.15, 0.2) is 30.5 Å². The van der Waals surface area contributed by atoms with Crippen molar-refractivity contribution >= 4 is 0 Å². The average molecular weight is 401 g/mol. The van der Waals surface area contributed by atoms with Crippen LogP contribution in [-0.4, -0.2) is 63.6 Å². The zero-order valence-corrected chi connectivity index (χ0v) is 18.2. The minimum absolute atomic E-state index is 0.218. The molecule has 0 amide bonds. The zero-order chi connectivity index (χ0) is 20.6. The summed E-state index contributed by atoms with van der Waals surface area (Å²) in [5.41, 5.74) is 3.82. The first-order chi connectivity index (χ1) is 14.2. The number of hydrogen-bond acceptors (Lipinski definition) is 5. The molecule has 1 fully saturated rings. The molecule has 1 aromatic carbocycles. The van der Waals surface area contributed by atoms with Gasteiger partial charge in [-0.1, -0.05) is 25.1 Å². The lowest BCUT2D eigenvalue weighted by Crippen LogP contribution is -2.52. The molecular weight excluding hydrogens is 364 g/mol. The highest BCUT2D eigenvalue weighted by atomic mass is 16.5. The van der Waals surface area contributed by atoms with Crippen LogP contribution in [0, 0.1) is 6.92 Å². The van der Waals surface area contributed by atoms with Crippen LogP contribution < -0.4 is 4.74 Å². The van der Waals surface area contributed by atoms with Crippen LogP contribution in [0.3, 0.4) is 0 Å². The molecule has 29 heavy (non-hydrogen) atoms. The quantitative estimate of drug-likeness (QED) is 0.664. The Hall–Kier alpha value is -1.89. The molecule has 2 aromatic rings. The molecule has 1 aromatic heterocycles. The molecule has 0 spiro atoms. The lowest BCUT2D eigenvalue weighted by molar-refractivity contribution is 0.0493. The fraction of sp³-hybridized carbons (Fsp3) is 0.609. The van der Waals surface area contributed by atoms with Crippen LogP contribution >= 0.6 is 0 Å². The molecular formula is C23H36N4O2. The summed E-state index contributed by atoms with van der Waals surface area (Å²) in [5.74, 6) is 0.971. The monoisotopic (exact) mass is 400 g/mol. The Morgan fingerprint density at radius 2 is 1.97 bits per heavy atom. The van der Waals surface area contributed by atoms with Crippen molar-refractivity contribution in [2.45, 2.75) is 59.3 Å². The summed E-state index contributed by atoms with van der Waals surface area (Å²) in [5, 5.41) is 14.2. The molecule has 0 unspecified atom stereocenters. The highest BCUT2D eigenvalue weighted by Crippen LogP contribution is 2.24. The minimum Gasteiger partial charge on any atom is -0.494 e. The third kappa shape index (κ3) is 5.59. The number of aryl methyl sites for hydroxylation is 1. The first kappa shape index (κ1) is 21.8. The molecule has 0 radical (unpaired) electrons. The summed E-state index contributed by atoms with van der Waals surface area (Å²) in [6.07, 6.45) is 3.92. The molecule has 1 aliphatic heterocycles. The smallest absolute Gasteiger partial charge is 0.123 e. The summed E-state index contributed by atoms with van der Waals surface area (Å²) in [6.45, 7) is 13.0. The number of nitrogens with zero attached hydrogens (tertiary/aromatic N) is 4. The number of aliphatic hydroxyl groups excluding tert-OH is 1. The van der Waals surface area contributed by atoms with Gasteiger partial charge in [0.25, 0.3) is 0 Å². The molecule has 3 rings (SSSR count). The number of hydrogen-bond donors (Lipinski definition) is 1. The summed E-state index contributed by atoms with van der Waals surface area (Å²) < 4.78 is 7.93. The number of para-hydroxylation sites is 1. The van der Waals surface area contributed by atoms with Gasteiger partial charge in [-0.15, -0.1) is 0 Å². The summed E-state index contributed by atoms with van der Waals surface area (Å²) in [6, 6.07) is 8.64. The molecule has 6 heteroatoms. The Labute approximate surface area is 175 Å². The van der Waals surface area contributed by atoms with Gasteiger partial charge in [-0.3, -0.25) is 14.5 Å². The maximum atomic E-state index is 9.64. The third-order valence-electron chi connectivity index (χ3n) is 5.83. The fourth-order valence-electron chi connectivity index (χ4n) is 4.20. The normalized spacial score (nSPS) is 18.3. The van der Waals surface area contributed by atoms with E-state index in [2.05, 4.69) is 45.6 Å². The minimum atomic E-state index is 0.218. The Morgan fingerprint density at radius 3 is 2.72 bits per heavy atom. The molecule has 0 saturated carbocycles. The number of benzene rings is 1. The van der Waals surface area contributed by atoms with Gasteiger partial charge < -0.3 is 9.84 Å². The summed E-state index contributed by atoms with van der Waals surface area (Å²) in [7, 11) is 0. The Balaban J connectivity index is 1.65. The van der Waals surface area contributed by atoms with Gasteiger partial charge in [0.2, 0.25) is 0 Å². The van der Waals surface area contributed by atoms with E-state index in [0.29, 0.717) is 12.6 Å². The Kier molecular flexibility index (Phi) is 8.09. The van der Waals surface area contributed by atoms with Crippen molar-refractivity contribution in [3.05, 3.63) is 47.3 Å². The van der Waals surface area contributed by atoms with Crippen LogP contribution in [0.2, 0.25) is 0 Å². The van der Waals surface area contributed by atoms with E-state index in [-0.39, 0.29) is 6.61 Å². The van der Waals surface area contributed by atoms with E-state index >= 15 is 0 Å². The standard InChI is InChI=1S/C23H36N4O2/c1-4-11-27-19(3)21(15-24-27)16-25-12-13-26(22(18-25)10-14-28)17-20-8-6-7-9-23(20)29-5-2/h6-9,15,22,28H,4-5,10-14,16-18H2,1-3H3/t22-/m0/s1. The molecule has 0 aliphatic carbocycles. The van der Waals surface area contributed by atoms with Gasteiger partial charge in [0.15, 0.2) is 0 Å². The van der Waals surface area contributed by atoms with E-state index in [1.54, 1.807) is 0 Å². The van der Waals surface area contributed by atoms with Crippen LogP contribution in [0.1, 0.15) is 43.5 Å². The van der Waals surface area contributed by atoms with Crippen LogP contribution in [-0.2, 0) is 19.6 Å². The van der Waals surface area contributed by atoms with Crippen molar-refractivity contribution < 1.29 is 9.84 Å². The van der Waals surface area contributed by atoms with Crippen LogP contribution in [0.4, 0.5) is 0 Å². The molecule has 0 bridgehead atoms. The Bertz CT molecular complexity index is 761. The number of aromatic nitrogens is 2. The van der Waals surface area contributed by atoms with E-state index in [4.69, 9.17) is 4.74 Å². The topological polar surface area (TPSA) is 53.8 Å². The van der Waals surface area contributed by atoms with Crippen molar-refractivity contribution in [2.24, 2.45) is 0 Å². The van der Waals surface area contributed by atoms with Gasteiger partial charge in [-0.25, -0.2) is 0 Å². The van der Waals surface area contributed by atoms with Gasteiger partial charge in [0.1, 0.15) is 5.75 Å². The molecule has 1 N–H and O–H groups in total. The summed E-state index contributed by atoms with van der Waals surface area (Å²) >= 11 is 0. The van der Waals surface area contributed by atoms with E-state index in [0.717, 1.165) is 57.9 Å². The molecule has 2 heterocycles. The predicted molar refractivity (Wildman–Crippen MR) is 116 cm³/mol. The van der Waals surface area contributed by atoms with Gasteiger partial charge in [0.05, 0.1) is 12.8 Å². The summed E-state index contributed by atoms with van der Waals surface area (Å²) in [4.78, 5) is 5.00. The van der Waals surface area contributed by atoms with E-state index in [1.165, 1.54) is 16.8 Å². The Morgan fingerprint density at radius 1 is 1.14 bits per heavy atom. The van der Waals surface area contributed by atoms with E-state index in [1.807, 2.05) is 25.3 Å². The molecule has 1 saturated heterocycles.